The predicted octanol–water partition coefficient (Wildman–Crippen LogP) is 2.89. The number of ether oxygens (including phenoxy) is 1. The zero-order valence-corrected chi connectivity index (χ0v) is 11.3. The van der Waals surface area contributed by atoms with E-state index in [-0.39, 0.29) is 5.02 Å². The third-order valence-corrected chi connectivity index (χ3v) is 3.36. The fourth-order valence-corrected chi connectivity index (χ4v) is 2.38. The van der Waals surface area contributed by atoms with Gasteiger partial charge in [0.25, 0.3) is 0 Å². The first kappa shape index (κ1) is 14.9. The summed E-state index contributed by atoms with van der Waals surface area (Å²) in [5, 5.41) is 10.6. The monoisotopic (exact) mass is 274 g/mol. The molecule has 2 unspecified atom stereocenters. The van der Waals surface area contributed by atoms with Crippen molar-refractivity contribution in [3.05, 3.63) is 34.6 Å². The molecule has 1 aromatic rings. The Morgan fingerprint density at radius 1 is 1.61 bits per heavy atom. The maximum absolute atomic E-state index is 13.0. The second kappa shape index (κ2) is 5.67. The third kappa shape index (κ3) is 2.82. The summed E-state index contributed by atoms with van der Waals surface area (Å²) in [5.41, 5.74) is -1.20. The van der Waals surface area contributed by atoms with Crippen LogP contribution in [0.3, 0.4) is 0 Å². The summed E-state index contributed by atoms with van der Waals surface area (Å²) in [5.74, 6) is -1.78. The molecule has 0 aromatic heterocycles. The highest BCUT2D eigenvalue weighted by atomic mass is 35.5. The molecule has 1 rings (SSSR count). The van der Waals surface area contributed by atoms with E-state index in [9.17, 15) is 14.3 Å². The van der Waals surface area contributed by atoms with Crippen LogP contribution in [0.1, 0.15) is 25.8 Å². The standard InChI is InChI=1S/C13H16ClFO3/c1-4-9(12(16)18-3)13(2,17)10-6-5-8(15)7-11(10)14/h5-7,9,17H,4H2,1-3H3. The van der Waals surface area contributed by atoms with Crippen molar-refractivity contribution < 1.29 is 19.0 Å². The maximum Gasteiger partial charge on any atom is 0.311 e. The van der Waals surface area contributed by atoms with Crippen molar-refractivity contribution in [2.45, 2.75) is 25.9 Å². The van der Waals surface area contributed by atoms with E-state index in [1.54, 1.807) is 6.92 Å². The SMILES string of the molecule is CCC(C(=O)OC)C(C)(O)c1ccc(F)cc1Cl. The van der Waals surface area contributed by atoms with Crippen molar-refractivity contribution >= 4 is 17.6 Å². The van der Waals surface area contributed by atoms with Crippen LogP contribution in [0.2, 0.25) is 5.02 Å². The molecule has 0 aliphatic carbocycles. The normalized spacial score (nSPS) is 15.9. The number of hydrogen-bond acceptors (Lipinski definition) is 3. The molecule has 0 spiro atoms. The first-order valence-corrected chi connectivity index (χ1v) is 5.98. The number of halogens is 2. The average molecular weight is 275 g/mol. The molecule has 0 saturated heterocycles. The Morgan fingerprint density at radius 2 is 2.22 bits per heavy atom. The van der Waals surface area contributed by atoms with Gasteiger partial charge in [0.15, 0.2) is 0 Å². The van der Waals surface area contributed by atoms with E-state index in [0.717, 1.165) is 6.07 Å². The summed E-state index contributed by atoms with van der Waals surface area (Å²) in [6.07, 6.45) is 0.382. The molecule has 5 heteroatoms. The van der Waals surface area contributed by atoms with Crippen LogP contribution in [0.5, 0.6) is 0 Å². The molecular formula is C13H16ClFO3. The number of carbonyl (C=O) groups excluding carboxylic acids is 1. The fourth-order valence-electron chi connectivity index (χ4n) is 2.02. The lowest BCUT2D eigenvalue weighted by Crippen LogP contribution is -2.37. The van der Waals surface area contributed by atoms with Crippen LogP contribution < -0.4 is 0 Å². The molecule has 0 radical (unpaired) electrons. The van der Waals surface area contributed by atoms with Crippen molar-refractivity contribution in [3.8, 4) is 0 Å². The minimum Gasteiger partial charge on any atom is -0.469 e. The van der Waals surface area contributed by atoms with Crippen LogP contribution in [-0.2, 0) is 15.1 Å². The van der Waals surface area contributed by atoms with Gasteiger partial charge in [-0.05, 0) is 25.5 Å². The van der Waals surface area contributed by atoms with E-state index in [0.29, 0.717) is 12.0 Å². The van der Waals surface area contributed by atoms with Gasteiger partial charge >= 0.3 is 5.97 Å². The molecule has 0 aliphatic heterocycles. The number of carbonyl (C=O) groups is 1. The number of esters is 1. The quantitative estimate of drug-likeness (QED) is 0.859. The molecule has 0 aliphatic rings. The first-order chi connectivity index (χ1) is 8.34. The van der Waals surface area contributed by atoms with Crippen molar-refractivity contribution in [1.29, 1.82) is 0 Å². The van der Waals surface area contributed by atoms with Crippen LogP contribution in [0.4, 0.5) is 4.39 Å². The van der Waals surface area contributed by atoms with Crippen LogP contribution >= 0.6 is 11.6 Å². The largest absolute Gasteiger partial charge is 0.469 e. The van der Waals surface area contributed by atoms with Gasteiger partial charge in [-0.25, -0.2) is 4.39 Å². The number of methoxy groups -OCH3 is 1. The van der Waals surface area contributed by atoms with Gasteiger partial charge in [-0.3, -0.25) is 4.79 Å². The highest BCUT2D eigenvalue weighted by Crippen LogP contribution is 2.36. The number of hydrogen-bond donors (Lipinski definition) is 1. The van der Waals surface area contributed by atoms with E-state index in [4.69, 9.17) is 11.6 Å². The highest BCUT2D eigenvalue weighted by molar-refractivity contribution is 6.31. The molecule has 1 N–H and O–H groups in total. The maximum atomic E-state index is 13.0. The second-order valence-electron chi connectivity index (χ2n) is 4.26. The van der Waals surface area contributed by atoms with E-state index in [1.807, 2.05) is 0 Å². The molecule has 0 amide bonds. The average Bonchev–Trinajstić information content (AvgIpc) is 2.28. The third-order valence-electron chi connectivity index (χ3n) is 3.05. The predicted molar refractivity (Wildman–Crippen MR) is 66.8 cm³/mol. The minimum atomic E-state index is -1.51. The Balaban J connectivity index is 3.22. The van der Waals surface area contributed by atoms with Gasteiger partial charge < -0.3 is 9.84 Å². The van der Waals surface area contributed by atoms with Crippen molar-refractivity contribution in [2.24, 2.45) is 5.92 Å². The van der Waals surface area contributed by atoms with E-state index in [1.165, 1.54) is 26.2 Å². The van der Waals surface area contributed by atoms with Gasteiger partial charge in [-0.15, -0.1) is 0 Å². The minimum absolute atomic E-state index is 0.0855. The summed E-state index contributed by atoms with van der Waals surface area (Å²) in [4.78, 5) is 11.6. The lowest BCUT2D eigenvalue weighted by molar-refractivity contribution is -0.155. The molecule has 0 saturated carbocycles. The smallest absolute Gasteiger partial charge is 0.311 e. The van der Waals surface area contributed by atoms with Crippen molar-refractivity contribution in [2.75, 3.05) is 7.11 Å². The van der Waals surface area contributed by atoms with Gasteiger partial charge in [0.2, 0.25) is 0 Å². The molecule has 0 heterocycles. The van der Waals surface area contributed by atoms with E-state index in [2.05, 4.69) is 4.74 Å². The number of benzene rings is 1. The Morgan fingerprint density at radius 3 is 2.67 bits per heavy atom. The highest BCUT2D eigenvalue weighted by Gasteiger charge is 2.39. The van der Waals surface area contributed by atoms with Crippen molar-refractivity contribution in [1.82, 2.24) is 0 Å². The lowest BCUT2D eigenvalue weighted by Gasteiger charge is -2.31. The summed E-state index contributed by atoms with van der Waals surface area (Å²) in [6.45, 7) is 3.23. The molecule has 0 bridgehead atoms. The van der Waals surface area contributed by atoms with Gasteiger partial charge in [-0.2, -0.15) is 0 Å². The van der Waals surface area contributed by atoms with Gasteiger partial charge in [0.1, 0.15) is 11.4 Å². The molecule has 1 aromatic carbocycles. The second-order valence-corrected chi connectivity index (χ2v) is 4.66. The fraction of sp³-hybridized carbons (Fsp3) is 0.462. The Kier molecular flexibility index (Phi) is 4.71. The van der Waals surface area contributed by atoms with Gasteiger partial charge in [0.05, 0.1) is 13.0 Å². The topological polar surface area (TPSA) is 46.5 Å². The molecular weight excluding hydrogens is 259 g/mol. The number of rotatable bonds is 4. The van der Waals surface area contributed by atoms with Crippen LogP contribution in [-0.4, -0.2) is 18.2 Å². The molecule has 3 nitrogen and oxygen atoms in total. The molecule has 100 valence electrons. The summed E-state index contributed by atoms with van der Waals surface area (Å²) >= 11 is 5.91. The van der Waals surface area contributed by atoms with E-state index >= 15 is 0 Å². The van der Waals surface area contributed by atoms with Crippen LogP contribution in [0.25, 0.3) is 0 Å². The van der Waals surface area contributed by atoms with Gasteiger partial charge in [-0.1, -0.05) is 24.6 Å². The summed E-state index contributed by atoms with van der Waals surface area (Å²) in [6, 6.07) is 3.68. The molecule has 2 atom stereocenters. The Labute approximate surface area is 111 Å². The lowest BCUT2D eigenvalue weighted by atomic mass is 9.81. The van der Waals surface area contributed by atoms with Crippen molar-refractivity contribution in [3.63, 3.8) is 0 Å². The van der Waals surface area contributed by atoms with Crippen LogP contribution in [0, 0.1) is 11.7 Å². The molecule has 18 heavy (non-hydrogen) atoms. The van der Waals surface area contributed by atoms with E-state index < -0.39 is 23.3 Å². The summed E-state index contributed by atoms with van der Waals surface area (Å²) < 4.78 is 17.6. The first-order valence-electron chi connectivity index (χ1n) is 5.60. The van der Waals surface area contributed by atoms with Gasteiger partial charge in [0, 0.05) is 10.6 Å². The molecule has 0 fully saturated rings. The number of aliphatic hydroxyl groups is 1. The zero-order valence-electron chi connectivity index (χ0n) is 10.5. The zero-order chi connectivity index (χ0) is 13.9. The Hall–Kier alpha value is -1.13. The summed E-state index contributed by atoms with van der Waals surface area (Å²) in [7, 11) is 1.26. The Bertz CT molecular complexity index is 446. The van der Waals surface area contributed by atoms with Crippen LogP contribution in [0.15, 0.2) is 18.2 Å².